The van der Waals surface area contributed by atoms with E-state index in [-0.39, 0.29) is 11.8 Å². The number of anilines is 1. The summed E-state index contributed by atoms with van der Waals surface area (Å²) >= 11 is 0. The van der Waals surface area contributed by atoms with E-state index in [0.717, 1.165) is 57.5 Å². The number of imide groups is 1. The van der Waals surface area contributed by atoms with Crippen molar-refractivity contribution in [3.05, 3.63) is 53.9 Å². The molecule has 2 aromatic rings. The normalized spacial score (nSPS) is 16.5. The van der Waals surface area contributed by atoms with Crippen LogP contribution in [0.15, 0.2) is 47.7 Å². The van der Waals surface area contributed by atoms with Crippen molar-refractivity contribution in [3.63, 3.8) is 0 Å². The number of hydrogen-bond acceptors (Lipinski definition) is 6. The molecule has 1 aromatic carbocycles. The number of aliphatic imine (C=N–C) groups is 1. The highest BCUT2D eigenvalue weighted by Gasteiger charge is 2.34. The molecule has 1 saturated heterocycles. The largest absolute Gasteiger partial charge is 0.357 e. The highest BCUT2D eigenvalue weighted by atomic mass is 16.2. The monoisotopic (exact) mass is 435 g/mol. The van der Waals surface area contributed by atoms with E-state index in [4.69, 9.17) is 4.99 Å². The predicted molar refractivity (Wildman–Crippen MR) is 123 cm³/mol. The number of nitrogens with zero attached hydrogens (tertiary/aromatic N) is 6. The molecule has 9 nitrogen and oxygen atoms in total. The van der Waals surface area contributed by atoms with Crippen molar-refractivity contribution < 1.29 is 9.59 Å². The van der Waals surface area contributed by atoms with Crippen molar-refractivity contribution in [1.29, 1.82) is 0 Å². The summed E-state index contributed by atoms with van der Waals surface area (Å²) in [7, 11) is 0. The first-order valence-corrected chi connectivity index (χ1v) is 11.2. The number of nitrogens with one attached hydrogen (secondary N) is 1. The van der Waals surface area contributed by atoms with Crippen LogP contribution >= 0.6 is 0 Å². The molecule has 3 heterocycles. The van der Waals surface area contributed by atoms with Crippen LogP contribution in [0.3, 0.4) is 0 Å². The molecule has 2 aliphatic rings. The molecule has 1 fully saturated rings. The zero-order valence-corrected chi connectivity index (χ0v) is 18.4. The first-order chi connectivity index (χ1) is 15.7. The fraction of sp³-hybridized carbons (Fsp3) is 0.435. The predicted octanol–water partition coefficient (Wildman–Crippen LogP) is 1.64. The minimum atomic E-state index is -0.192. The first kappa shape index (κ1) is 21.7. The van der Waals surface area contributed by atoms with Crippen molar-refractivity contribution >= 4 is 23.7 Å². The lowest BCUT2D eigenvalue weighted by Gasteiger charge is -2.36. The first-order valence-electron chi connectivity index (χ1n) is 11.2. The van der Waals surface area contributed by atoms with Gasteiger partial charge in [0.25, 0.3) is 11.8 Å². The third-order valence-electron chi connectivity index (χ3n) is 5.68. The second-order valence-corrected chi connectivity index (χ2v) is 7.77. The van der Waals surface area contributed by atoms with Crippen LogP contribution in [0.1, 0.15) is 40.5 Å². The van der Waals surface area contributed by atoms with E-state index in [9.17, 15) is 9.59 Å². The molecule has 0 bridgehead atoms. The summed E-state index contributed by atoms with van der Waals surface area (Å²) in [5, 5.41) is 3.37. The third kappa shape index (κ3) is 4.71. The molecule has 0 unspecified atom stereocenters. The quantitative estimate of drug-likeness (QED) is 0.306. The Morgan fingerprint density at radius 1 is 0.969 bits per heavy atom. The van der Waals surface area contributed by atoms with Crippen LogP contribution in [-0.4, -0.2) is 83.4 Å². The van der Waals surface area contributed by atoms with Gasteiger partial charge in [-0.2, -0.15) is 0 Å². The molecular weight excluding hydrogens is 406 g/mol. The summed E-state index contributed by atoms with van der Waals surface area (Å²) < 4.78 is 0. The van der Waals surface area contributed by atoms with E-state index in [2.05, 4.69) is 32.0 Å². The van der Waals surface area contributed by atoms with Gasteiger partial charge in [-0.15, -0.1) is 0 Å². The SMILES string of the molecule is CCNC(=NCCCCN1C(=O)c2ccccc2C1=O)N1CCN(c2ncccn2)CC1. The summed E-state index contributed by atoms with van der Waals surface area (Å²) in [6.45, 7) is 7.31. The number of piperazine rings is 1. The summed E-state index contributed by atoms with van der Waals surface area (Å²) in [5.74, 6) is 1.29. The topological polar surface area (TPSA) is 94.0 Å². The number of rotatable bonds is 7. The minimum Gasteiger partial charge on any atom is -0.357 e. The Hall–Kier alpha value is -3.49. The molecule has 2 aliphatic heterocycles. The van der Waals surface area contributed by atoms with Crippen LogP contribution in [0, 0.1) is 0 Å². The Bertz CT molecular complexity index is 936. The van der Waals surface area contributed by atoms with Crippen molar-refractivity contribution in [1.82, 2.24) is 25.1 Å². The van der Waals surface area contributed by atoms with Crippen LogP contribution in [-0.2, 0) is 0 Å². The maximum atomic E-state index is 12.4. The molecule has 168 valence electrons. The van der Waals surface area contributed by atoms with E-state index >= 15 is 0 Å². The standard InChI is InChI=1S/C23H29N7O2/c1-2-24-22(28-14-16-29(17-15-28)23-26-11-7-12-27-23)25-10-5-6-13-30-20(31)18-8-3-4-9-19(18)21(30)32/h3-4,7-9,11-12H,2,5-6,10,13-17H2,1H3,(H,24,25). The number of amides is 2. The Kier molecular flexibility index (Phi) is 6.94. The second-order valence-electron chi connectivity index (χ2n) is 7.77. The zero-order valence-electron chi connectivity index (χ0n) is 18.4. The maximum absolute atomic E-state index is 12.4. The van der Waals surface area contributed by atoms with Gasteiger partial charge in [-0.1, -0.05) is 12.1 Å². The summed E-state index contributed by atoms with van der Waals surface area (Å²) in [6.07, 6.45) is 5.07. The molecular formula is C23H29N7O2. The van der Waals surface area contributed by atoms with Crippen molar-refractivity contribution in [2.45, 2.75) is 19.8 Å². The van der Waals surface area contributed by atoms with E-state index < -0.39 is 0 Å². The highest BCUT2D eigenvalue weighted by Crippen LogP contribution is 2.22. The van der Waals surface area contributed by atoms with Gasteiger partial charge in [-0.3, -0.25) is 19.5 Å². The molecule has 2 amide bonds. The van der Waals surface area contributed by atoms with Crippen molar-refractivity contribution in [2.75, 3.05) is 50.7 Å². The lowest BCUT2D eigenvalue weighted by molar-refractivity contribution is 0.0652. The molecule has 1 N–H and O–H groups in total. The van der Waals surface area contributed by atoms with Gasteiger partial charge in [0.1, 0.15) is 0 Å². The molecule has 0 saturated carbocycles. The average molecular weight is 436 g/mol. The van der Waals surface area contributed by atoms with Crippen LogP contribution in [0.5, 0.6) is 0 Å². The fourth-order valence-corrected chi connectivity index (χ4v) is 4.01. The number of carbonyl (C=O) groups excluding carboxylic acids is 2. The van der Waals surface area contributed by atoms with E-state index in [1.165, 1.54) is 4.90 Å². The molecule has 0 spiro atoms. The molecule has 0 radical (unpaired) electrons. The maximum Gasteiger partial charge on any atom is 0.261 e. The van der Waals surface area contributed by atoms with Gasteiger partial charge < -0.3 is 15.1 Å². The number of benzene rings is 1. The van der Waals surface area contributed by atoms with E-state index in [1.54, 1.807) is 36.7 Å². The van der Waals surface area contributed by atoms with Crippen LogP contribution < -0.4 is 10.2 Å². The Balaban J connectivity index is 1.25. The van der Waals surface area contributed by atoms with Crippen molar-refractivity contribution in [3.8, 4) is 0 Å². The Labute approximate surface area is 188 Å². The fourth-order valence-electron chi connectivity index (χ4n) is 4.01. The smallest absolute Gasteiger partial charge is 0.261 e. The number of unbranched alkanes of at least 4 members (excludes halogenated alkanes) is 1. The van der Waals surface area contributed by atoms with Gasteiger partial charge in [0.05, 0.1) is 11.1 Å². The van der Waals surface area contributed by atoms with Crippen LogP contribution in [0.4, 0.5) is 5.95 Å². The molecule has 32 heavy (non-hydrogen) atoms. The van der Waals surface area contributed by atoms with Gasteiger partial charge in [-0.25, -0.2) is 9.97 Å². The average Bonchev–Trinajstić information content (AvgIpc) is 3.09. The summed E-state index contributed by atoms with van der Waals surface area (Å²) in [6, 6.07) is 8.83. The molecule has 9 heteroatoms. The van der Waals surface area contributed by atoms with E-state index in [0.29, 0.717) is 24.2 Å². The minimum absolute atomic E-state index is 0.192. The van der Waals surface area contributed by atoms with Gasteiger partial charge >= 0.3 is 0 Å². The molecule has 0 aliphatic carbocycles. The number of hydrogen-bond donors (Lipinski definition) is 1. The third-order valence-corrected chi connectivity index (χ3v) is 5.68. The van der Waals surface area contributed by atoms with Crippen LogP contribution in [0.2, 0.25) is 0 Å². The Morgan fingerprint density at radius 3 is 2.25 bits per heavy atom. The van der Waals surface area contributed by atoms with Crippen molar-refractivity contribution in [2.24, 2.45) is 4.99 Å². The summed E-state index contributed by atoms with van der Waals surface area (Å²) in [4.78, 5) is 44.1. The lowest BCUT2D eigenvalue weighted by atomic mass is 10.1. The van der Waals surface area contributed by atoms with Gasteiger partial charge in [0.2, 0.25) is 5.95 Å². The number of aromatic nitrogens is 2. The number of carbonyl (C=O) groups is 2. The molecule has 0 atom stereocenters. The Morgan fingerprint density at radius 2 is 1.62 bits per heavy atom. The van der Waals surface area contributed by atoms with Gasteiger partial charge in [0.15, 0.2) is 5.96 Å². The number of guanidine groups is 1. The van der Waals surface area contributed by atoms with Crippen LogP contribution in [0.25, 0.3) is 0 Å². The number of fused-ring (bicyclic) bond motifs is 1. The molecule has 1 aromatic heterocycles. The van der Waals surface area contributed by atoms with Gasteiger partial charge in [-0.05, 0) is 38.0 Å². The lowest BCUT2D eigenvalue weighted by Crippen LogP contribution is -2.53. The second kappa shape index (κ2) is 10.2. The highest BCUT2D eigenvalue weighted by molar-refractivity contribution is 6.21. The molecule has 4 rings (SSSR count). The summed E-state index contributed by atoms with van der Waals surface area (Å²) in [5.41, 5.74) is 1.01. The van der Waals surface area contributed by atoms with E-state index in [1.807, 2.05) is 6.07 Å². The zero-order chi connectivity index (χ0) is 22.3. The van der Waals surface area contributed by atoms with Gasteiger partial charge in [0, 0.05) is 58.2 Å².